The molecule has 0 atom stereocenters. The molecule has 0 N–H and O–H groups in total. The summed E-state index contributed by atoms with van der Waals surface area (Å²) in [5.74, 6) is 0. The van der Waals surface area contributed by atoms with Gasteiger partial charge in [0.1, 0.15) is 0 Å². The van der Waals surface area contributed by atoms with E-state index in [1.54, 1.807) is 0 Å². The lowest BCUT2D eigenvalue weighted by Crippen LogP contribution is -2.26. The molecule has 0 heterocycles. The van der Waals surface area contributed by atoms with Crippen LogP contribution in [0.1, 0.15) is 22.3 Å². The highest BCUT2D eigenvalue weighted by Crippen LogP contribution is 2.63. The topological polar surface area (TPSA) is 3.24 Å². The molecule has 0 saturated heterocycles. The van der Waals surface area contributed by atoms with Crippen LogP contribution in [-0.2, 0) is 5.41 Å². The van der Waals surface area contributed by atoms with Crippen LogP contribution in [0.15, 0.2) is 200 Å². The lowest BCUT2D eigenvalue weighted by Gasteiger charge is -2.33. The Labute approximate surface area is 303 Å². The van der Waals surface area contributed by atoms with Crippen molar-refractivity contribution in [3.63, 3.8) is 0 Å². The summed E-state index contributed by atoms with van der Waals surface area (Å²) in [6, 6.07) is 74.0. The Morgan fingerprint density at radius 2 is 0.750 bits per heavy atom. The van der Waals surface area contributed by atoms with Gasteiger partial charge in [-0.2, -0.15) is 0 Å². The van der Waals surface area contributed by atoms with Crippen LogP contribution in [0.5, 0.6) is 0 Å². The number of benzene rings is 9. The van der Waals surface area contributed by atoms with Crippen molar-refractivity contribution in [3.05, 3.63) is 222 Å². The highest BCUT2D eigenvalue weighted by molar-refractivity contribution is 6.22. The molecule has 2 aliphatic rings. The fourth-order valence-electron chi connectivity index (χ4n) is 9.46. The Bertz CT molecular complexity index is 2790. The van der Waals surface area contributed by atoms with Crippen molar-refractivity contribution in [1.82, 2.24) is 0 Å². The molecular weight excluding hydrogens is 627 g/mol. The molecule has 0 bridgehead atoms. The Morgan fingerprint density at radius 1 is 0.308 bits per heavy atom. The van der Waals surface area contributed by atoms with Crippen LogP contribution in [0.2, 0.25) is 0 Å². The number of hydrogen-bond donors (Lipinski definition) is 0. The van der Waals surface area contributed by atoms with E-state index in [2.05, 4.69) is 205 Å². The van der Waals surface area contributed by atoms with Gasteiger partial charge in [0.25, 0.3) is 0 Å². The number of hydrogen-bond acceptors (Lipinski definition) is 1. The molecule has 11 rings (SSSR count). The van der Waals surface area contributed by atoms with Gasteiger partial charge < -0.3 is 4.90 Å². The molecule has 1 heteroatoms. The van der Waals surface area contributed by atoms with Crippen molar-refractivity contribution in [2.45, 2.75) is 5.41 Å². The second-order valence-corrected chi connectivity index (χ2v) is 14.0. The van der Waals surface area contributed by atoms with Crippen molar-refractivity contribution < 1.29 is 0 Å². The average Bonchev–Trinajstić information content (AvgIpc) is 3.69. The first kappa shape index (κ1) is 29.1. The zero-order valence-electron chi connectivity index (χ0n) is 28.5. The quantitative estimate of drug-likeness (QED) is 0.170. The van der Waals surface area contributed by atoms with Crippen LogP contribution in [0.25, 0.3) is 54.9 Å². The smallest absolute Gasteiger partial charge is 0.0726 e. The fourth-order valence-corrected chi connectivity index (χ4v) is 9.46. The van der Waals surface area contributed by atoms with Gasteiger partial charge in [0, 0.05) is 22.3 Å². The van der Waals surface area contributed by atoms with E-state index in [9.17, 15) is 0 Å². The van der Waals surface area contributed by atoms with Gasteiger partial charge in [-0.25, -0.2) is 0 Å². The van der Waals surface area contributed by atoms with E-state index in [1.807, 2.05) is 0 Å². The minimum absolute atomic E-state index is 0.425. The average molecular weight is 660 g/mol. The molecule has 2 aliphatic carbocycles. The van der Waals surface area contributed by atoms with Gasteiger partial charge in [-0.1, -0.05) is 176 Å². The summed E-state index contributed by atoms with van der Waals surface area (Å²) >= 11 is 0. The first-order chi connectivity index (χ1) is 25.8. The molecule has 9 aromatic rings. The van der Waals surface area contributed by atoms with E-state index < -0.39 is 5.41 Å². The van der Waals surface area contributed by atoms with Crippen LogP contribution in [0.3, 0.4) is 0 Å². The molecule has 52 heavy (non-hydrogen) atoms. The molecular formula is C51H33N. The van der Waals surface area contributed by atoms with Crippen molar-refractivity contribution in [2.24, 2.45) is 0 Å². The van der Waals surface area contributed by atoms with Gasteiger partial charge in [0.05, 0.1) is 11.1 Å². The van der Waals surface area contributed by atoms with E-state index in [1.165, 1.54) is 82.9 Å². The highest BCUT2D eigenvalue weighted by Gasteiger charge is 2.51. The Kier molecular flexibility index (Phi) is 6.23. The summed E-state index contributed by atoms with van der Waals surface area (Å²) in [5, 5.41) is 4.97. The highest BCUT2D eigenvalue weighted by atomic mass is 15.1. The lowest BCUT2D eigenvalue weighted by atomic mass is 9.70. The normalized spacial score (nSPS) is 13.2. The van der Waals surface area contributed by atoms with Crippen LogP contribution in [0, 0.1) is 0 Å². The van der Waals surface area contributed by atoms with Gasteiger partial charge in [0.15, 0.2) is 0 Å². The summed E-state index contributed by atoms with van der Waals surface area (Å²) < 4.78 is 0. The van der Waals surface area contributed by atoms with Crippen molar-refractivity contribution in [1.29, 1.82) is 0 Å². The number of anilines is 3. The largest absolute Gasteiger partial charge is 0.309 e. The number of nitrogens with zero attached hydrogens (tertiary/aromatic N) is 1. The minimum atomic E-state index is -0.425. The summed E-state index contributed by atoms with van der Waals surface area (Å²) in [6.45, 7) is 0. The molecule has 0 saturated carbocycles. The monoisotopic (exact) mass is 659 g/mol. The fraction of sp³-hybridized carbons (Fsp3) is 0.0196. The Hall–Kier alpha value is -6.70. The maximum atomic E-state index is 2.51. The third kappa shape index (κ3) is 3.88. The second kappa shape index (κ2) is 11.2. The Morgan fingerprint density at radius 3 is 1.35 bits per heavy atom. The van der Waals surface area contributed by atoms with E-state index in [4.69, 9.17) is 0 Å². The zero-order valence-corrected chi connectivity index (χ0v) is 28.5. The molecule has 1 spiro atoms. The van der Waals surface area contributed by atoms with Crippen LogP contribution >= 0.6 is 0 Å². The third-order valence-electron chi connectivity index (χ3n) is 11.4. The van der Waals surface area contributed by atoms with Gasteiger partial charge in [0.2, 0.25) is 0 Å². The minimum Gasteiger partial charge on any atom is -0.309 e. The number of para-hydroxylation sites is 1. The van der Waals surface area contributed by atoms with Crippen LogP contribution in [-0.4, -0.2) is 0 Å². The predicted molar refractivity (Wildman–Crippen MR) is 218 cm³/mol. The molecule has 0 radical (unpaired) electrons. The van der Waals surface area contributed by atoms with Gasteiger partial charge >= 0.3 is 0 Å². The van der Waals surface area contributed by atoms with Gasteiger partial charge in [-0.3, -0.25) is 0 Å². The maximum Gasteiger partial charge on any atom is 0.0726 e. The molecule has 9 aromatic carbocycles. The SMILES string of the molecule is c1ccc(-c2c(N(c3ccccc3)c3ccc4c(c3)C3(c5ccccc5-c5ccccc53)c3ccccc3-4)c3ccccc3c3ccccc23)cc1. The van der Waals surface area contributed by atoms with E-state index in [0.717, 1.165) is 11.4 Å². The summed E-state index contributed by atoms with van der Waals surface area (Å²) in [6.07, 6.45) is 0. The predicted octanol–water partition coefficient (Wildman–Crippen LogP) is 13.5. The lowest BCUT2D eigenvalue weighted by molar-refractivity contribution is 0.793. The summed E-state index contributed by atoms with van der Waals surface area (Å²) in [4.78, 5) is 2.51. The molecule has 0 aromatic heterocycles. The van der Waals surface area contributed by atoms with E-state index >= 15 is 0 Å². The molecule has 0 unspecified atom stereocenters. The molecule has 242 valence electrons. The van der Waals surface area contributed by atoms with Gasteiger partial charge in [-0.15, -0.1) is 0 Å². The zero-order chi connectivity index (χ0) is 34.2. The van der Waals surface area contributed by atoms with Crippen LogP contribution < -0.4 is 4.90 Å². The first-order valence-corrected chi connectivity index (χ1v) is 18.1. The Balaban J connectivity index is 1.28. The summed E-state index contributed by atoms with van der Waals surface area (Å²) in [5.41, 5.74) is 16.1. The number of rotatable bonds is 4. The standard InChI is InChI=1S/C51H33N/c1-3-17-34(18-4-1)49-43-26-9-7-21-37(43)38-22-8-10-27-44(38)50(49)52(35-19-5-2-6-20-35)36-31-32-42-41-25-13-16-30-47(41)51(48(42)33-36)45-28-14-11-23-39(45)40-24-12-15-29-46(40)51/h1-33H. The first-order valence-electron chi connectivity index (χ1n) is 18.1. The second-order valence-electron chi connectivity index (χ2n) is 14.0. The third-order valence-corrected chi connectivity index (χ3v) is 11.4. The van der Waals surface area contributed by atoms with Gasteiger partial charge in [-0.05, 0) is 90.5 Å². The van der Waals surface area contributed by atoms with E-state index in [-0.39, 0.29) is 0 Å². The van der Waals surface area contributed by atoms with Crippen molar-refractivity contribution >= 4 is 38.6 Å². The van der Waals surface area contributed by atoms with E-state index in [0.29, 0.717) is 0 Å². The molecule has 0 fully saturated rings. The number of fused-ring (bicyclic) bond motifs is 13. The molecule has 1 nitrogen and oxygen atoms in total. The van der Waals surface area contributed by atoms with Crippen LogP contribution in [0.4, 0.5) is 17.1 Å². The van der Waals surface area contributed by atoms with Crippen molar-refractivity contribution in [3.8, 4) is 33.4 Å². The summed E-state index contributed by atoms with van der Waals surface area (Å²) in [7, 11) is 0. The molecule has 0 aliphatic heterocycles. The maximum absolute atomic E-state index is 2.51. The molecule has 0 amide bonds. The van der Waals surface area contributed by atoms with Crippen molar-refractivity contribution in [2.75, 3.05) is 4.90 Å².